The fraction of sp³-hybridized carbons (Fsp3) is 0.188. The lowest BCUT2D eigenvalue weighted by atomic mass is 10.1. The smallest absolute Gasteiger partial charge is 0.288 e. The number of nitrogens with one attached hydrogen (secondary N) is 1. The molecule has 1 amide bonds. The van der Waals surface area contributed by atoms with Gasteiger partial charge in [-0.05, 0) is 48.4 Å². The molecule has 0 bridgehead atoms. The topological polar surface area (TPSA) is 29.1 Å². The number of alkyl halides is 2. The highest BCUT2D eigenvalue weighted by atomic mass is 32.2. The Kier molecular flexibility index (Phi) is 5.49. The maximum atomic E-state index is 13.4. The number of rotatable bonds is 5. The first kappa shape index (κ1) is 16.4. The number of hydrogen-bond acceptors (Lipinski definition) is 2. The number of carbonyl (C=O) groups excluding carboxylic acids is 1. The Hall–Kier alpha value is -1.95. The van der Waals surface area contributed by atoms with Gasteiger partial charge in [0.1, 0.15) is 5.82 Å². The predicted octanol–water partition coefficient (Wildman–Crippen LogP) is 4.38. The van der Waals surface area contributed by atoms with E-state index < -0.39 is 5.76 Å². The third-order valence-electron chi connectivity index (χ3n) is 3.03. The van der Waals surface area contributed by atoms with Crippen LogP contribution in [-0.4, -0.2) is 11.7 Å². The number of carbonyl (C=O) groups is 1. The molecule has 2 aromatic rings. The molecule has 2 rings (SSSR count). The van der Waals surface area contributed by atoms with Gasteiger partial charge in [0.2, 0.25) is 0 Å². The summed E-state index contributed by atoms with van der Waals surface area (Å²) < 4.78 is 37.8. The van der Waals surface area contributed by atoms with Crippen LogP contribution in [0.4, 0.5) is 13.2 Å². The molecule has 116 valence electrons. The van der Waals surface area contributed by atoms with Gasteiger partial charge in [0.05, 0.1) is 0 Å². The average Bonchev–Trinajstić information content (AvgIpc) is 2.48. The van der Waals surface area contributed by atoms with Crippen molar-refractivity contribution in [2.75, 3.05) is 0 Å². The highest BCUT2D eigenvalue weighted by molar-refractivity contribution is 7.99. The third kappa shape index (κ3) is 4.53. The highest BCUT2D eigenvalue weighted by Gasteiger charge is 2.08. The van der Waals surface area contributed by atoms with Crippen LogP contribution in [-0.2, 0) is 6.54 Å². The first-order valence-electron chi connectivity index (χ1n) is 6.54. The molecule has 0 aromatic heterocycles. The second-order valence-corrected chi connectivity index (χ2v) is 5.73. The molecule has 0 saturated heterocycles. The summed E-state index contributed by atoms with van der Waals surface area (Å²) in [4.78, 5) is 12.3. The molecule has 2 nitrogen and oxygen atoms in total. The zero-order valence-corrected chi connectivity index (χ0v) is 12.6. The van der Waals surface area contributed by atoms with Gasteiger partial charge in [0.15, 0.2) is 0 Å². The number of aryl methyl sites for hydroxylation is 1. The maximum Gasteiger partial charge on any atom is 0.288 e. The van der Waals surface area contributed by atoms with Gasteiger partial charge in [0.25, 0.3) is 11.7 Å². The Morgan fingerprint density at radius 3 is 2.45 bits per heavy atom. The van der Waals surface area contributed by atoms with Crippen LogP contribution >= 0.6 is 11.8 Å². The molecule has 0 spiro atoms. The lowest BCUT2D eigenvalue weighted by Gasteiger charge is -2.07. The zero-order chi connectivity index (χ0) is 16.1. The molecular weight excluding hydrogens is 311 g/mol. The number of thioether (sulfide) groups is 1. The van der Waals surface area contributed by atoms with Crippen LogP contribution in [0.25, 0.3) is 0 Å². The van der Waals surface area contributed by atoms with E-state index in [0.717, 1.165) is 0 Å². The summed E-state index contributed by atoms with van der Waals surface area (Å²) in [6, 6.07) is 10.7. The lowest BCUT2D eigenvalue weighted by molar-refractivity contribution is 0.0951. The fourth-order valence-corrected chi connectivity index (χ4v) is 2.32. The molecule has 0 unspecified atom stereocenters. The minimum atomic E-state index is -2.49. The first-order valence-corrected chi connectivity index (χ1v) is 7.42. The molecule has 0 aliphatic heterocycles. The van der Waals surface area contributed by atoms with E-state index in [2.05, 4.69) is 5.32 Å². The Morgan fingerprint density at radius 1 is 1.18 bits per heavy atom. The number of amides is 1. The molecule has 6 heteroatoms. The normalized spacial score (nSPS) is 10.8. The monoisotopic (exact) mass is 325 g/mol. The third-order valence-corrected chi connectivity index (χ3v) is 3.75. The van der Waals surface area contributed by atoms with Gasteiger partial charge in [-0.3, -0.25) is 4.79 Å². The van der Waals surface area contributed by atoms with E-state index in [1.165, 1.54) is 30.3 Å². The van der Waals surface area contributed by atoms with Gasteiger partial charge in [-0.25, -0.2) is 4.39 Å². The van der Waals surface area contributed by atoms with Gasteiger partial charge in [-0.1, -0.05) is 23.9 Å². The van der Waals surface area contributed by atoms with E-state index >= 15 is 0 Å². The van der Waals surface area contributed by atoms with Crippen LogP contribution in [0.3, 0.4) is 0 Å². The van der Waals surface area contributed by atoms with Crippen molar-refractivity contribution in [2.45, 2.75) is 24.1 Å². The van der Waals surface area contributed by atoms with Gasteiger partial charge < -0.3 is 5.32 Å². The molecule has 0 aliphatic rings. The molecular formula is C16H14F3NOS. The SMILES string of the molecule is Cc1ccc(CNC(=O)c2ccc(SC(F)F)cc2)cc1F. The van der Waals surface area contributed by atoms with E-state index in [9.17, 15) is 18.0 Å². The number of hydrogen-bond donors (Lipinski definition) is 1. The van der Waals surface area contributed by atoms with Crippen molar-refractivity contribution >= 4 is 17.7 Å². The summed E-state index contributed by atoms with van der Waals surface area (Å²) in [6.07, 6.45) is 0. The minimum Gasteiger partial charge on any atom is -0.348 e. The molecule has 1 N–H and O–H groups in total. The number of benzene rings is 2. The molecule has 0 saturated carbocycles. The van der Waals surface area contributed by atoms with Gasteiger partial charge in [-0.15, -0.1) is 0 Å². The molecule has 0 aliphatic carbocycles. The van der Waals surface area contributed by atoms with Crippen LogP contribution in [0.2, 0.25) is 0 Å². The second-order valence-electron chi connectivity index (χ2n) is 4.67. The van der Waals surface area contributed by atoms with Crippen LogP contribution in [0.15, 0.2) is 47.4 Å². The van der Waals surface area contributed by atoms with Crippen molar-refractivity contribution < 1.29 is 18.0 Å². The average molecular weight is 325 g/mol. The Morgan fingerprint density at radius 2 is 1.86 bits per heavy atom. The Balaban J connectivity index is 1.95. The van der Waals surface area contributed by atoms with Crippen LogP contribution in [0.1, 0.15) is 21.5 Å². The molecule has 0 heterocycles. The summed E-state index contributed by atoms with van der Waals surface area (Å²) in [5, 5.41) is 2.66. The van der Waals surface area contributed by atoms with Crippen molar-refractivity contribution in [2.24, 2.45) is 0 Å². The molecule has 0 fully saturated rings. The van der Waals surface area contributed by atoms with E-state index in [0.29, 0.717) is 33.3 Å². The molecule has 2 aromatic carbocycles. The highest BCUT2D eigenvalue weighted by Crippen LogP contribution is 2.25. The first-order chi connectivity index (χ1) is 10.5. The Bertz CT molecular complexity index is 659. The quantitative estimate of drug-likeness (QED) is 0.827. The Labute approximate surface area is 130 Å². The van der Waals surface area contributed by atoms with Crippen molar-refractivity contribution in [1.82, 2.24) is 5.32 Å². The summed E-state index contributed by atoms with van der Waals surface area (Å²) in [5.74, 6) is -3.15. The van der Waals surface area contributed by atoms with Crippen LogP contribution < -0.4 is 5.32 Å². The number of halogens is 3. The summed E-state index contributed by atoms with van der Waals surface area (Å²) in [7, 11) is 0. The maximum absolute atomic E-state index is 13.4. The lowest BCUT2D eigenvalue weighted by Crippen LogP contribution is -2.22. The van der Waals surface area contributed by atoms with Crippen molar-refractivity contribution in [1.29, 1.82) is 0 Å². The van der Waals surface area contributed by atoms with E-state index in [4.69, 9.17) is 0 Å². The summed E-state index contributed by atoms with van der Waals surface area (Å²) in [6.45, 7) is 1.86. The van der Waals surface area contributed by atoms with Crippen molar-refractivity contribution in [3.05, 3.63) is 65.0 Å². The minimum absolute atomic E-state index is 0.198. The van der Waals surface area contributed by atoms with Crippen LogP contribution in [0, 0.1) is 12.7 Å². The van der Waals surface area contributed by atoms with Crippen molar-refractivity contribution in [3.63, 3.8) is 0 Å². The largest absolute Gasteiger partial charge is 0.348 e. The zero-order valence-electron chi connectivity index (χ0n) is 11.8. The molecule has 22 heavy (non-hydrogen) atoms. The standard InChI is InChI=1S/C16H14F3NOS/c1-10-2-3-11(8-14(10)17)9-20-15(21)12-4-6-13(7-5-12)22-16(18)19/h2-8,16H,9H2,1H3,(H,20,21). The molecule has 0 atom stereocenters. The fourth-order valence-electron chi connectivity index (χ4n) is 1.82. The van der Waals surface area contributed by atoms with Crippen molar-refractivity contribution in [3.8, 4) is 0 Å². The summed E-state index contributed by atoms with van der Waals surface area (Å²) in [5.41, 5.74) is 1.56. The molecule has 0 radical (unpaired) electrons. The summed E-state index contributed by atoms with van der Waals surface area (Å²) >= 11 is 0.425. The van der Waals surface area contributed by atoms with E-state index in [-0.39, 0.29) is 18.3 Å². The van der Waals surface area contributed by atoms with Crippen LogP contribution in [0.5, 0.6) is 0 Å². The van der Waals surface area contributed by atoms with E-state index in [1.54, 1.807) is 19.1 Å². The van der Waals surface area contributed by atoms with Gasteiger partial charge in [0, 0.05) is 17.0 Å². The van der Waals surface area contributed by atoms with E-state index in [1.807, 2.05) is 0 Å². The van der Waals surface area contributed by atoms with Gasteiger partial charge >= 0.3 is 0 Å². The van der Waals surface area contributed by atoms with Gasteiger partial charge in [-0.2, -0.15) is 8.78 Å². The predicted molar refractivity (Wildman–Crippen MR) is 80.6 cm³/mol. The second kappa shape index (κ2) is 7.35.